The van der Waals surface area contributed by atoms with Gasteiger partial charge in [0.15, 0.2) is 0 Å². The monoisotopic (exact) mass is 309 g/mol. The van der Waals surface area contributed by atoms with Crippen LogP contribution in [0.4, 0.5) is 0 Å². The lowest BCUT2D eigenvalue weighted by molar-refractivity contribution is 0.800. The minimum absolute atomic E-state index is 0.0378. The highest BCUT2D eigenvalue weighted by molar-refractivity contribution is 9.10. The Labute approximate surface area is 114 Å². The summed E-state index contributed by atoms with van der Waals surface area (Å²) < 4.78 is 2.88. The lowest BCUT2D eigenvalue weighted by Crippen LogP contribution is -2.14. The van der Waals surface area contributed by atoms with Crippen LogP contribution >= 0.6 is 15.9 Å². The number of hydrogen-bond donors (Lipinski definition) is 2. The summed E-state index contributed by atoms with van der Waals surface area (Å²) in [5.74, 6) is 0. The Morgan fingerprint density at radius 1 is 1.39 bits per heavy atom. The van der Waals surface area contributed by atoms with Crippen molar-refractivity contribution in [3.8, 4) is 5.69 Å². The number of aromatic nitrogens is 2. The van der Waals surface area contributed by atoms with Gasteiger partial charge >= 0.3 is 0 Å². The molecule has 0 fully saturated rings. The molecule has 0 saturated carbocycles. The van der Waals surface area contributed by atoms with Crippen LogP contribution in [-0.2, 0) is 6.54 Å². The second-order valence-corrected chi connectivity index (χ2v) is 5.22. The Hall–Kier alpha value is -1.33. The zero-order valence-electron chi connectivity index (χ0n) is 10.7. The second-order valence-electron chi connectivity index (χ2n) is 4.30. The van der Waals surface area contributed by atoms with E-state index in [1.165, 1.54) is 0 Å². The Bertz CT molecular complexity index is 628. The molecule has 0 atom stereocenters. The van der Waals surface area contributed by atoms with Crippen molar-refractivity contribution in [2.75, 3.05) is 7.05 Å². The Morgan fingerprint density at radius 3 is 2.72 bits per heavy atom. The molecular weight excluding hydrogens is 294 g/mol. The quantitative estimate of drug-likeness (QED) is 0.914. The third kappa shape index (κ3) is 2.28. The molecule has 2 N–H and O–H groups in total. The zero-order valence-corrected chi connectivity index (χ0v) is 12.3. The molecule has 0 unspecified atom stereocenters. The first-order valence-corrected chi connectivity index (χ1v) is 6.55. The smallest absolute Gasteiger partial charge is 0.269 e. The molecule has 5 heteroatoms. The van der Waals surface area contributed by atoms with Crippen molar-refractivity contribution in [1.82, 2.24) is 15.1 Å². The summed E-state index contributed by atoms with van der Waals surface area (Å²) in [6.07, 6.45) is 0. The molecule has 96 valence electrons. The van der Waals surface area contributed by atoms with Crippen LogP contribution in [0.25, 0.3) is 5.69 Å². The van der Waals surface area contributed by atoms with Gasteiger partial charge in [0, 0.05) is 16.7 Å². The van der Waals surface area contributed by atoms with E-state index in [1.54, 1.807) is 0 Å². The molecule has 2 rings (SSSR count). The van der Waals surface area contributed by atoms with Gasteiger partial charge in [-0.2, -0.15) is 0 Å². The minimum Gasteiger partial charge on any atom is -0.315 e. The predicted octanol–water partition coefficient (Wildman–Crippen LogP) is 2.26. The van der Waals surface area contributed by atoms with E-state index in [2.05, 4.69) is 26.3 Å². The van der Waals surface area contributed by atoms with Gasteiger partial charge in [-0.25, -0.2) is 0 Å². The summed E-state index contributed by atoms with van der Waals surface area (Å²) in [7, 11) is 1.83. The van der Waals surface area contributed by atoms with E-state index < -0.39 is 0 Å². The molecule has 0 aliphatic carbocycles. The van der Waals surface area contributed by atoms with Crippen LogP contribution in [0.15, 0.2) is 27.5 Å². The highest BCUT2D eigenvalue weighted by Crippen LogP contribution is 2.20. The van der Waals surface area contributed by atoms with Crippen LogP contribution in [0.1, 0.15) is 16.8 Å². The van der Waals surface area contributed by atoms with Crippen molar-refractivity contribution in [2.45, 2.75) is 20.4 Å². The van der Waals surface area contributed by atoms with E-state index in [-0.39, 0.29) is 5.56 Å². The fraction of sp³-hybridized carbons (Fsp3) is 0.308. The Morgan fingerprint density at radius 2 is 2.11 bits per heavy atom. The Kier molecular flexibility index (Phi) is 3.73. The third-order valence-corrected chi connectivity index (χ3v) is 3.51. The van der Waals surface area contributed by atoms with Crippen molar-refractivity contribution in [3.63, 3.8) is 0 Å². The maximum Gasteiger partial charge on any atom is 0.269 e. The fourth-order valence-corrected chi connectivity index (χ4v) is 2.52. The van der Waals surface area contributed by atoms with Crippen LogP contribution in [0.2, 0.25) is 0 Å². The van der Waals surface area contributed by atoms with Crippen molar-refractivity contribution in [2.24, 2.45) is 0 Å². The van der Waals surface area contributed by atoms with Crippen molar-refractivity contribution in [3.05, 3.63) is 49.8 Å². The van der Waals surface area contributed by atoms with Crippen molar-refractivity contribution < 1.29 is 0 Å². The second kappa shape index (κ2) is 5.12. The van der Waals surface area contributed by atoms with Crippen molar-refractivity contribution >= 4 is 15.9 Å². The molecule has 4 nitrogen and oxygen atoms in total. The molecule has 0 saturated heterocycles. The van der Waals surface area contributed by atoms with Gasteiger partial charge in [0.25, 0.3) is 5.56 Å². The topological polar surface area (TPSA) is 49.8 Å². The molecule has 1 heterocycles. The van der Waals surface area contributed by atoms with Gasteiger partial charge in [-0.15, -0.1) is 0 Å². The molecular formula is C13H16BrN3O. The zero-order chi connectivity index (χ0) is 13.3. The molecule has 0 spiro atoms. The van der Waals surface area contributed by atoms with E-state index in [0.29, 0.717) is 6.54 Å². The summed E-state index contributed by atoms with van der Waals surface area (Å²) in [5, 5.41) is 5.89. The fourth-order valence-electron chi connectivity index (χ4n) is 2.05. The van der Waals surface area contributed by atoms with Crippen LogP contribution in [0, 0.1) is 13.8 Å². The van der Waals surface area contributed by atoms with E-state index >= 15 is 0 Å². The van der Waals surface area contributed by atoms with Crippen LogP contribution in [0.5, 0.6) is 0 Å². The van der Waals surface area contributed by atoms with Crippen molar-refractivity contribution in [1.29, 1.82) is 0 Å². The summed E-state index contributed by atoms with van der Waals surface area (Å²) in [6, 6.07) is 5.99. The summed E-state index contributed by atoms with van der Waals surface area (Å²) in [4.78, 5) is 11.9. The Balaban J connectivity index is 2.58. The van der Waals surface area contributed by atoms with Gasteiger partial charge in [0.05, 0.1) is 11.3 Å². The number of nitrogens with one attached hydrogen (secondary N) is 2. The average Bonchev–Trinajstić information content (AvgIpc) is 2.58. The third-order valence-electron chi connectivity index (χ3n) is 3.01. The summed E-state index contributed by atoms with van der Waals surface area (Å²) in [5.41, 5.74) is 3.79. The molecule has 2 aromatic rings. The highest BCUT2D eigenvalue weighted by atomic mass is 79.9. The van der Waals surface area contributed by atoms with E-state index in [1.807, 2.05) is 43.8 Å². The summed E-state index contributed by atoms with van der Waals surface area (Å²) >= 11 is 3.44. The van der Waals surface area contributed by atoms with Gasteiger partial charge in [0.2, 0.25) is 0 Å². The normalized spacial score (nSPS) is 10.9. The largest absolute Gasteiger partial charge is 0.315 e. The standard InChI is InChI=1S/C13H16BrN3O/c1-8-6-10(14)4-5-12(8)17-9(2)11(7-15-3)13(18)16-17/h4-6,15H,7H2,1-3H3,(H,16,18). The first kappa shape index (κ1) is 13.1. The number of hydrogen-bond acceptors (Lipinski definition) is 2. The molecule has 0 bridgehead atoms. The van der Waals surface area contributed by atoms with E-state index in [4.69, 9.17) is 0 Å². The van der Waals surface area contributed by atoms with Crippen LogP contribution < -0.4 is 10.9 Å². The number of aryl methyl sites for hydroxylation is 1. The first-order chi connectivity index (χ1) is 8.54. The molecule has 0 amide bonds. The maximum absolute atomic E-state index is 11.9. The van der Waals surface area contributed by atoms with Gasteiger partial charge in [-0.1, -0.05) is 15.9 Å². The summed E-state index contributed by atoms with van der Waals surface area (Å²) in [6.45, 7) is 4.55. The number of benzene rings is 1. The lowest BCUT2D eigenvalue weighted by Gasteiger charge is -2.10. The van der Waals surface area contributed by atoms with Gasteiger partial charge in [-0.3, -0.25) is 14.6 Å². The molecule has 1 aromatic heterocycles. The maximum atomic E-state index is 11.9. The molecule has 1 aromatic carbocycles. The lowest BCUT2D eigenvalue weighted by atomic mass is 10.2. The number of H-pyrrole nitrogens is 1. The molecule has 18 heavy (non-hydrogen) atoms. The van der Waals surface area contributed by atoms with Crippen LogP contribution in [0.3, 0.4) is 0 Å². The predicted molar refractivity (Wildman–Crippen MR) is 76.3 cm³/mol. The molecule has 0 radical (unpaired) electrons. The van der Waals surface area contributed by atoms with Gasteiger partial charge < -0.3 is 5.32 Å². The average molecular weight is 310 g/mol. The van der Waals surface area contributed by atoms with Gasteiger partial charge in [0.1, 0.15) is 0 Å². The first-order valence-electron chi connectivity index (χ1n) is 5.76. The van der Waals surface area contributed by atoms with E-state index in [9.17, 15) is 4.79 Å². The molecule has 0 aliphatic rings. The van der Waals surface area contributed by atoms with Gasteiger partial charge in [-0.05, 0) is 44.7 Å². The minimum atomic E-state index is -0.0378. The highest BCUT2D eigenvalue weighted by Gasteiger charge is 2.12. The number of rotatable bonds is 3. The SMILES string of the molecule is CNCc1c(C)n(-c2ccc(Br)cc2C)[nH]c1=O. The number of halogens is 1. The number of aromatic amines is 1. The molecule has 0 aliphatic heterocycles. The van der Waals surface area contributed by atoms with Crippen LogP contribution in [-0.4, -0.2) is 16.8 Å². The van der Waals surface area contributed by atoms with E-state index in [0.717, 1.165) is 27.0 Å². The number of nitrogens with zero attached hydrogens (tertiary/aromatic N) is 1.